The smallest absolute Gasteiger partial charge is 0.133 e. The molecule has 0 aromatic heterocycles. The molecule has 19 heavy (non-hydrogen) atoms. The Labute approximate surface area is 117 Å². The third-order valence-corrected chi connectivity index (χ3v) is 7.45. The number of hydrogen-bond donors (Lipinski definition) is 0. The van der Waals surface area contributed by atoms with Crippen LogP contribution in [0.3, 0.4) is 0 Å². The van der Waals surface area contributed by atoms with Crippen LogP contribution in [0.25, 0.3) is 0 Å². The maximum Gasteiger partial charge on any atom is 0.133 e. The molecule has 4 aliphatic carbocycles. The number of carbonyl (C=O) groups excluding carboxylic acids is 1. The van der Waals surface area contributed by atoms with Crippen molar-refractivity contribution in [3.8, 4) is 0 Å². The normalized spacial score (nSPS) is 53.3. The number of rotatable bonds is 0. The molecule has 0 radical (unpaired) electrons. The summed E-state index contributed by atoms with van der Waals surface area (Å²) in [7, 11) is 0. The molecule has 1 heteroatoms. The predicted octanol–water partition coefficient (Wildman–Crippen LogP) is 4.60. The van der Waals surface area contributed by atoms with E-state index in [1.165, 1.54) is 51.4 Å². The molecule has 1 nitrogen and oxygen atoms in total. The van der Waals surface area contributed by atoms with Gasteiger partial charge in [0.15, 0.2) is 0 Å². The van der Waals surface area contributed by atoms with Gasteiger partial charge >= 0.3 is 0 Å². The highest BCUT2D eigenvalue weighted by Gasteiger charge is 2.55. The first-order valence-corrected chi connectivity index (χ1v) is 8.69. The van der Waals surface area contributed by atoms with Gasteiger partial charge in [-0.3, -0.25) is 4.79 Å². The Morgan fingerprint density at radius 1 is 0.947 bits per heavy atom. The van der Waals surface area contributed by atoms with Gasteiger partial charge in [-0.25, -0.2) is 0 Å². The van der Waals surface area contributed by atoms with E-state index in [1.807, 2.05) is 0 Å². The lowest BCUT2D eigenvalue weighted by Crippen LogP contribution is -2.46. The molecule has 4 aliphatic rings. The highest BCUT2D eigenvalue weighted by atomic mass is 16.1. The predicted molar refractivity (Wildman–Crippen MR) is 76.7 cm³/mol. The summed E-state index contributed by atoms with van der Waals surface area (Å²) in [5.41, 5.74) is 0.389. The SMILES string of the molecule is C[C@@]12CC[C@H]3[C@@H]4CCCC[C@@H]4CC[C@@H]3[C@H]1CC(=O)C2. The van der Waals surface area contributed by atoms with E-state index in [4.69, 9.17) is 0 Å². The van der Waals surface area contributed by atoms with Gasteiger partial charge in [0.2, 0.25) is 0 Å². The minimum absolute atomic E-state index is 0.389. The Balaban J connectivity index is 1.60. The zero-order valence-corrected chi connectivity index (χ0v) is 12.4. The molecular weight excluding hydrogens is 232 g/mol. The fourth-order valence-electron chi connectivity index (χ4n) is 6.61. The summed E-state index contributed by atoms with van der Waals surface area (Å²) in [6, 6.07) is 0. The Kier molecular flexibility index (Phi) is 2.83. The molecule has 0 unspecified atom stereocenters. The quantitative estimate of drug-likeness (QED) is 0.622. The maximum atomic E-state index is 12.0. The van der Waals surface area contributed by atoms with Gasteiger partial charge in [-0.2, -0.15) is 0 Å². The highest BCUT2D eigenvalue weighted by molar-refractivity contribution is 5.82. The summed E-state index contributed by atoms with van der Waals surface area (Å²) in [4.78, 5) is 12.0. The molecule has 6 atom stereocenters. The monoisotopic (exact) mass is 260 g/mol. The molecule has 0 spiro atoms. The number of ketones is 1. The molecule has 0 saturated heterocycles. The van der Waals surface area contributed by atoms with Gasteiger partial charge in [-0.1, -0.05) is 26.2 Å². The van der Waals surface area contributed by atoms with Crippen LogP contribution in [0.1, 0.15) is 71.1 Å². The molecule has 4 rings (SSSR count). The summed E-state index contributed by atoms with van der Waals surface area (Å²) in [6.45, 7) is 2.42. The van der Waals surface area contributed by atoms with Gasteiger partial charge in [-0.15, -0.1) is 0 Å². The van der Waals surface area contributed by atoms with Crippen molar-refractivity contribution >= 4 is 5.78 Å². The average molecular weight is 260 g/mol. The van der Waals surface area contributed by atoms with E-state index < -0.39 is 0 Å². The molecule has 4 saturated carbocycles. The fraction of sp³-hybridized carbons (Fsp3) is 0.944. The van der Waals surface area contributed by atoms with E-state index in [1.54, 1.807) is 0 Å². The van der Waals surface area contributed by atoms with Crippen molar-refractivity contribution in [2.24, 2.45) is 35.0 Å². The van der Waals surface area contributed by atoms with Crippen LogP contribution in [0.5, 0.6) is 0 Å². The Morgan fingerprint density at radius 3 is 2.68 bits per heavy atom. The van der Waals surface area contributed by atoms with Gasteiger partial charge in [-0.05, 0) is 67.1 Å². The van der Waals surface area contributed by atoms with Crippen LogP contribution in [-0.2, 0) is 4.79 Å². The molecule has 106 valence electrons. The van der Waals surface area contributed by atoms with Crippen molar-refractivity contribution in [2.75, 3.05) is 0 Å². The van der Waals surface area contributed by atoms with Crippen molar-refractivity contribution < 1.29 is 4.79 Å². The molecule has 0 amide bonds. The number of carbonyl (C=O) groups is 1. The zero-order valence-electron chi connectivity index (χ0n) is 12.4. The molecular formula is C18H28O. The van der Waals surface area contributed by atoms with E-state index in [-0.39, 0.29) is 0 Å². The van der Waals surface area contributed by atoms with Crippen molar-refractivity contribution in [3.63, 3.8) is 0 Å². The lowest BCUT2D eigenvalue weighted by Gasteiger charge is -2.54. The Bertz CT molecular complexity index is 387. The first kappa shape index (κ1) is 12.4. The van der Waals surface area contributed by atoms with Crippen molar-refractivity contribution in [1.82, 2.24) is 0 Å². The second-order valence-electron chi connectivity index (χ2n) is 8.33. The van der Waals surface area contributed by atoms with E-state index in [2.05, 4.69) is 6.92 Å². The number of fused-ring (bicyclic) bond motifs is 5. The maximum absolute atomic E-state index is 12.0. The van der Waals surface area contributed by atoms with E-state index in [0.717, 1.165) is 42.4 Å². The largest absolute Gasteiger partial charge is 0.300 e. The molecule has 0 aromatic carbocycles. The third-order valence-electron chi connectivity index (χ3n) is 7.45. The van der Waals surface area contributed by atoms with Gasteiger partial charge in [0.25, 0.3) is 0 Å². The third kappa shape index (κ3) is 1.83. The van der Waals surface area contributed by atoms with Gasteiger partial charge < -0.3 is 0 Å². The lowest BCUT2D eigenvalue weighted by atomic mass is 9.51. The van der Waals surface area contributed by atoms with Crippen LogP contribution in [0.4, 0.5) is 0 Å². The molecule has 0 heterocycles. The molecule has 0 N–H and O–H groups in total. The molecule has 4 fully saturated rings. The first-order chi connectivity index (χ1) is 9.17. The molecule has 0 bridgehead atoms. The van der Waals surface area contributed by atoms with E-state index in [0.29, 0.717) is 11.2 Å². The van der Waals surface area contributed by atoms with Crippen molar-refractivity contribution in [3.05, 3.63) is 0 Å². The molecule has 0 aliphatic heterocycles. The highest BCUT2D eigenvalue weighted by Crippen LogP contribution is 2.61. The average Bonchev–Trinajstić information content (AvgIpc) is 2.73. The summed E-state index contributed by atoms with van der Waals surface area (Å²) >= 11 is 0. The summed E-state index contributed by atoms with van der Waals surface area (Å²) < 4.78 is 0. The second-order valence-corrected chi connectivity index (χ2v) is 8.33. The van der Waals surface area contributed by atoms with Crippen LogP contribution in [0.15, 0.2) is 0 Å². The Hall–Kier alpha value is -0.330. The van der Waals surface area contributed by atoms with Crippen LogP contribution >= 0.6 is 0 Å². The lowest BCUT2D eigenvalue weighted by molar-refractivity contribution is -0.118. The minimum Gasteiger partial charge on any atom is -0.300 e. The van der Waals surface area contributed by atoms with Crippen LogP contribution < -0.4 is 0 Å². The Morgan fingerprint density at radius 2 is 1.79 bits per heavy atom. The second kappa shape index (κ2) is 4.33. The van der Waals surface area contributed by atoms with E-state index in [9.17, 15) is 4.79 Å². The summed E-state index contributed by atoms with van der Waals surface area (Å²) in [6.07, 6.45) is 13.5. The van der Waals surface area contributed by atoms with Gasteiger partial charge in [0.05, 0.1) is 0 Å². The summed E-state index contributed by atoms with van der Waals surface area (Å²) in [5.74, 6) is 5.30. The van der Waals surface area contributed by atoms with Crippen molar-refractivity contribution in [1.29, 1.82) is 0 Å². The number of Topliss-reactive ketones (excluding diaryl/α,β-unsaturated/α-hetero) is 1. The van der Waals surface area contributed by atoms with Crippen LogP contribution in [0.2, 0.25) is 0 Å². The van der Waals surface area contributed by atoms with Crippen molar-refractivity contribution in [2.45, 2.75) is 71.1 Å². The first-order valence-electron chi connectivity index (χ1n) is 8.69. The summed E-state index contributed by atoms with van der Waals surface area (Å²) in [5, 5.41) is 0. The zero-order chi connectivity index (χ0) is 13.0. The number of hydrogen-bond acceptors (Lipinski definition) is 1. The van der Waals surface area contributed by atoms with E-state index >= 15 is 0 Å². The van der Waals surface area contributed by atoms with Crippen LogP contribution in [0, 0.1) is 35.0 Å². The minimum atomic E-state index is 0.389. The van der Waals surface area contributed by atoms with Gasteiger partial charge in [0, 0.05) is 12.8 Å². The topological polar surface area (TPSA) is 17.1 Å². The van der Waals surface area contributed by atoms with Gasteiger partial charge in [0.1, 0.15) is 5.78 Å². The molecule has 0 aromatic rings. The fourth-order valence-corrected chi connectivity index (χ4v) is 6.61. The standard InChI is InChI=1S/C18H28O/c1-18-9-8-15-14-5-3-2-4-12(14)6-7-16(15)17(18)10-13(19)11-18/h12,14-17H,2-11H2,1H3/t12-,14-,15+,16+,17-,18+/m1/s1. The van der Waals surface area contributed by atoms with Crippen LogP contribution in [-0.4, -0.2) is 5.78 Å².